The highest BCUT2D eigenvalue weighted by Gasteiger charge is 2.23. The average Bonchev–Trinajstić information content (AvgIpc) is 3.29. The fourth-order valence-electron chi connectivity index (χ4n) is 4.45. The summed E-state index contributed by atoms with van der Waals surface area (Å²) in [6.45, 7) is 5.97. The molecule has 184 valence electrons. The number of carbonyl (C=O) groups excluding carboxylic acids is 2. The Morgan fingerprint density at radius 1 is 1.11 bits per heavy atom. The van der Waals surface area contributed by atoms with Gasteiger partial charge in [0, 0.05) is 30.8 Å². The largest absolute Gasteiger partial charge is 0.354 e. The van der Waals surface area contributed by atoms with Crippen molar-refractivity contribution in [2.45, 2.75) is 65.6 Å². The number of tetrazole rings is 1. The van der Waals surface area contributed by atoms with Crippen LogP contribution in [0.1, 0.15) is 59.9 Å². The molecule has 1 aliphatic rings. The summed E-state index contributed by atoms with van der Waals surface area (Å²) in [5.41, 5.74) is 2.92. The van der Waals surface area contributed by atoms with Gasteiger partial charge in [-0.15, -0.1) is 10.2 Å². The van der Waals surface area contributed by atoms with Crippen LogP contribution in [0.15, 0.2) is 30.3 Å². The molecule has 0 radical (unpaired) electrons. The van der Waals surface area contributed by atoms with E-state index in [0.29, 0.717) is 35.1 Å². The third-order valence-electron chi connectivity index (χ3n) is 6.25. The lowest BCUT2D eigenvalue weighted by Crippen LogP contribution is -2.36. The van der Waals surface area contributed by atoms with Crippen LogP contribution in [0.5, 0.6) is 0 Å². The Labute approximate surface area is 203 Å². The fourth-order valence-corrected chi connectivity index (χ4v) is 4.45. The van der Waals surface area contributed by atoms with Crippen molar-refractivity contribution in [1.82, 2.24) is 35.8 Å². The molecule has 0 saturated heterocycles. The molecule has 3 aromatic rings. The Balaban J connectivity index is 1.38. The Morgan fingerprint density at radius 2 is 1.89 bits per heavy atom. The average molecular weight is 480 g/mol. The second-order valence-corrected chi connectivity index (χ2v) is 9.23. The van der Waals surface area contributed by atoms with Crippen molar-refractivity contribution in [3.05, 3.63) is 58.7 Å². The number of aromatic nitrogens is 5. The van der Waals surface area contributed by atoms with Gasteiger partial charge in [0.15, 0.2) is 0 Å². The predicted molar refractivity (Wildman–Crippen MR) is 128 cm³/mol. The summed E-state index contributed by atoms with van der Waals surface area (Å²) >= 11 is 0. The first kappa shape index (κ1) is 24.4. The minimum atomic E-state index is -0.333. The highest BCUT2D eigenvalue weighted by atomic mass is 19.1. The van der Waals surface area contributed by atoms with Crippen molar-refractivity contribution in [2.75, 3.05) is 0 Å². The molecule has 0 aliphatic heterocycles. The zero-order chi connectivity index (χ0) is 24.9. The first-order valence-corrected chi connectivity index (χ1v) is 11.8. The zero-order valence-electron chi connectivity index (χ0n) is 20.2. The molecule has 35 heavy (non-hydrogen) atoms. The number of carbonyl (C=O) groups is 2. The highest BCUT2D eigenvalue weighted by Crippen LogP contribution is 2.25. The first-order chi connectivity index (χ1) is 16.8. The minimum absolute atomic E-state index is 0.0160. The van der Waals surface area contributed by atoms with Gasteiger partial charge in [0.05, 0.1) is 6.54 Å². The van der Waals surface area contributed by atoms with Crippen LogP contribution >= 0.6 is 0 Å². The number of nitrogens with zero attached hydrogens (tertiary/aromatic N) is 5. The van der Waals surface area contributed by atoms with Crippen molar-refractivity contribution >= 4 is 11.8 Å². The van der Waals surface area contributed by atoms with E-state index in [0.717, 1.165) is 31.2 Å². The lowest BCUT2D eigenvalue weighted by atomic mass is 9.86. The summed E-state index contributed by atoms with van der Waals surface area (Å²) < 4.78 is 13.5. The number of hydrogen-bond acceptors (Lipinski definition) is 6. The van der Waals surface area contributed by atoms with E-state index in [-0.39, 0.29) is 35.9 Å². The number of benzene rings is 1. The van der Waals surface area contributed by atoms with E-state index in [2.05, 4.69) is 31.0 Å². The van der Waals surface area contributed by atoms with Crippen LogP contribution in [0.3, 0.4) is 0 Å². The van der Waals surface area contributed by atoms with Crippen molar-refractivity contribution in [1.29, 1.82) is 0 Å². The van der Waals surface area contributed by atoms with Crippen LogP contribution in [0.2, 0.25) is 0 Å². The fraction of sp³-hybridized carbons (Fsp3) is 0.440. The van der Waals surface area contributed by atoms with E-state index >= 15 is 0 Å². The Morgan fingerprint density at radius 3 is 2.60 bits per heavy atom. The second kappa shape index (κ2) is 10.7. The van der Waals surface area contributed by atoms with Crippen LogP contribution in [0, 0.1) is 25.6 Å². The molecule has 1 saturated carbocycles. The quantitative estimate of drug-likeness (QED) is 0.538. The van der Waals surface area contributed by atoms with Crippen molar-refractivity contribution in [2.24, 2.45) is 5.92 Å². The van der Waals surface area contributed by atoms with E-state index in [1.54, 1.807) is 36.8 Å². The highest BCUT2D eigenvalue weighted by molar-refractivity contribution is 5.93. The lowest BCUT2D eigenvalue weighted by Gasteiger charge is -2.28. The number of aryl methyl sites for hydroxylation is 2. The van der Waals surface area contributed by atoms with Crippen LogP contribution in [-0.2, 0) is 17.9 Å². The van der Waals surface area contributed by atoms with Gasteiger partial charge in [0.2, 0.25) is 11.7 Å². The predicted octanol–water partition coefficient (Wildman–Crippen LogP) is 3.12. The second-order valence-electron chi connectivity index (χ2n) is 9.23. The molecule has 0 bridgehead atoms. The third kappa shape index (κ3) is 6.46. The number of halogens is 1. The molecular formula is C25H30FN7O2. The van der Waals surface area contributed by atoms with Crippen molar-refractivity contribution in [3.63, 3.8) is 0 Å². The molecule has 1 aromatic carbocycles. The lowest BCUT2D eigenvalue weighted by molar-refractivity contribution is -0.119. The third-order valence-corrected chi connectivity index (χ3v) is 6.25. The summed E-state index contributed by atoms with van der Waals surface area (Å²) in [6.07, 6.45) is 3.89. The molecule has 4 rings (SSSR count). The SMILES string of the molecule is CC(=O)NC1CCC(Cn2nnc(-c3cc(C)nc(C(=O)NCc4ccc(F)c(C)c4)c3)n2)CC1. The number of rotatable bonds is 7. The van der Waals surface area contributed by atoms with Gasteiger partial charge in [-0.05, 0) is 80.0 Å². The summed E-state index contributed by atoms with van der Waals surface area (Å²) in [7, 11) is 0. The van der Waals surface area contributed by atoms with Crippen LogP contribution < -0.4 is 10.6 Å². The van der Waals surface area contributed by atoms with Gasteiger partial charge < -0.3 is 10.6 Å². The van der Waals surface area contributed by atoms with Gasteiger partial charge in [-0.3, -0.25) is 9.59 Å². The van der Waals surface area contributed by atoms with E-state index in [1.807, 2.05) is 13.0 Å². The van der Waals surface area contributed by atoms with Gasteiger partial charge in [-0.25, -0.2) is 9.37 Å². The van der Waals surface area contributed by atoms with Crippen LogP contribution in [0.4, 0.5) is 4.39 Å². The van der Waals surface area contributed by atoms with Gasteiger partial charge in [0.1, 0.15) is 11.5 Å². The maximum atomic E-state index is 13.5. The van der Waals surface area contributed by atoms with E-state index in [9.17, 15) is 14.0 Å². The first-order valence-electron chi connectivity index (χ1n) is 11.8. The van der Waals surface area contributed by atoms with Crippen LogP contribution in [-0.4, -0.2) is 43.0 Å². The molecule has 9 nitrogen and oxygen atoms in total. The van der Waals surface area contributed by atoms with E-state index in [1.165, 1.54) is 6.07 Å². The van der Waals surface area contributed by atoms with Gasteiger partial charge in [0.25, 0.3) is 5.91 Å². The topological polar surface area (TPSA) is 115 Å². The minimum Gasteiger partial charge on any atom is -0.354 e. The molecular weight excluding hydrogens is 449 g/mol. The Kier molecular flexibility index (Phi) is 7.48. The molecule has 1 aliphatic carbocycles. The standard InChI is InChI=1S/C25H30FN7O2/c1-15-10-19(6-9-22(15)26)13-27-25(35)23-12-20(11-16(2)28-23)24-30-32-33(31-24)14-18-4-7-21(8-5-18)29-17(3)34/h6,9-12,18,21H,4-5,7-8,13-14H2,1-3H3,(H,27,35)(H,29,34). The molecule has 0 atom stereocenters. The molecule has 0 unspecified atom stereocenters. The molecule has 2 heterocycles. The smallest absolute Gasteiger partial charge is 0.270 e. The number of nitrogens with one attached hydrogen (secondary N) is 2. The summed E-state index contributed by atoms with van der Waals surface area (Å²) in [5.74, 6) is 0.272. The van der Waals surface area contributed by atoms with E-state index in [4.69, 9.17) is 0 Å². The van der Waals surface area contributed by atoms with E-state index < -0.39 is 0 Å². The van der Waals surface area contributed by atoms with Gasteiger partial charge >= 0.3 is 0 Å². The molecule has 1 fully saturated rings. The molecule has 10 heteroatoms. The normalized spacial score (nSPS) is 17.7. The maximum absolute atomic E-state index is 13.5. The van der Waals surface area contributed by atoms with Crippen LogP contribution in [0.25, 0.3) is 11.4 Å². The molecule has 2 amide bonds. The van der Waals surface area contributed by atoms with Crippen molar-refractivity contribution < 1.29 is 14.0 Å². The number of amides is 2. The Hall–Kier alpha value is -3.69. The molecule has 2 N–H and O–H groups in total. The molecule has 2 aromatic heterocycles. The maximum Gasteiger partial charge on any atom is 0.270 e. The monoisotopic (exact) mass is 479 g/mol. The summed E-state index contributed by atoms with van der Waals surface area (Å²) in [6, 6.07) is 8.47. The zero-order valence-corrected chi connectivity index (χ0v) is 20.2. The molecule has 0 spiro atoms. The van der Waals surface area contributed by atoms with Gasteiger partial charge in [-0.1, -0.05) is 12.1 Å². The summed E-state index contributed by atoms with van der Waals surface area (Å²) in [4.78, 5) is 29.9. The number of pyridine rings is 1. The van der Waals surface area contributed by atoms with Crippen molar-refractivity contribution in [3.8, 4) is 11.4 Å². The number of hydrogen-bond donors (Lipinski definition) is 2. The Bertz CT molecular complexity index is 1220. The van der Waals surface area contributed by atoms with Gasteiger partial charge in [-0.2, -0.15) is 4.80 Å². The summed E-state index contributed by atoms with van der Waals surface area (Å²) in [5, 5.41) is 18.7.